The molecule has 0 saturated heterocycles. The number of hydrogen-bond donors (Lipinski definition) is 2. The van der Waals surface area contributed by atoms with Gasteiger partial charge in [-0.25, -0.2) is 0 Å². The molecule has 3 N–H and O–H groups in total. The van der Waals surface area contributed by atoms with Gasteiger partial charge < -0.3 is 11.1 Å². The van der Waals surface area contributed by atoms with E-state index in [9.17, 15) is 0 Å². The Hall–Kier alpha value is -1.31. The molecule has 0 aromatic carbocycles. The van der Waals surface area contributed by atoms with Crippen LogP contribution < -0.4 is 5.73 Å². The Morgan fingerprint density at radius 3 is 2.09 bits per heavy atom. The van der Waals surface area contributed by atoms with E-state index in [1.54, 1.807) is 6.08 Å². The lowest BCUT2D eigenvalue weighted by molar-refractivity contribution is 1.37. The van der Waals surface area contributed by atoms with Crippen molar-refractivity contribution in [3.63, 3.8) is 0 Å². The Morgan fingerprint density at radius 1 is 1.18 bits per heavy atom. The summed E-state index contributed by atoms with van der Waals surface area (Å²) in [5.41, 5.74) is 6.98. The van der Waals surface area contributed by atoms with E-state index in [0.717, 1.165) is 5.57 Å². The van der Waals surface area contributed by atoms with Crippen LogP contribution in [0.2, 0.25) is 0 Å². The molecule has 0 rings (SSSR count). The fourth-order valence-corrected chi connectivity index (χ4v) is 0.683. The van der Waals surface area contributed by atoms with Crippen molar-refractivity contribution in [2.75, 3.05) is 0 Å². The maximum atomic E-state index is 7.02. The van der Waals surface area contributed by atoms with E-state index in [2.05, 4.69) is 0 Å². The average Bonchev–Trinajstić information content (AvgIpc) is 2.00. The van der Waals surface area contributed by atoms with E-state index in [1.165, 1.54) is 6.21 Å². The second-order valence-corrected chi connectivity index (χ2v) is 2.06. The van der Waals surface area contributed by atoms with Gasteiger partial charge in [-0.15, -0.1) is 0 Å². The van der Waals surface area contributed by atoms with Gasteiger partial charge in [0.25, 0.3) is 0 Å². The zero-order valence-electron chi connectivity index (χ0n) is 6.96. The summed E-state index contributed by atoms with van der Waals surface area (Å²) in [5.74, 6) is 0. The number of nitrogens with one attached hydrogen (secondary N) is 1. The van der Waals surface area contributed by atoms with Crippen molar-refractivity contribution >= 4 is 6.21 Å². The molecule has 0 fully saturated rings. The molecule has 0 atom stereocenters. The first-order chi connectivity index (χ1) is 5.26. The highest BCUT2D eigenvalue weighted by Crippen LogP contribution is 1.99. The standard InChI is InChI=1S/C9H14N2/c1-3-5-8(7-10)9(11)6-4-2/h3-7,10H,11H2,1-2H3/b5-3-,6-4-,9-8-,10-7?. The van der Waals surface area contributed by atoms with Crippen LogP contribution in [0.3, 0.4) is 0 Å². The Morgan fingerprint density at radius 2 is 1.73 bits per heavy atom. The highest BCUT2D eigenvalue weighted by molar-refractivity contribution is 5.81. The van der Waals surface area contributed by atoms with Crippen molar-refractivity contribution in [3.8, 4) is 0 Å². The van der Waals surface area contributed by atoms with E-state index in [-0.39, 0.29) is 0 Å². The zero-order chi connectivity index (χ0) is 8.69. The highest BCUT2D eigenvalue weighted by Gasteiger charge is 1.89. The van der Waals surface area contributed by atoms with Gasteiger partial charge in [-0.1, -0.05) is 18.2 Å². The van der Waals surface area contributed by atoms with Crippen LogP contribution in [-0.4, -0.2) is 6.21 Å². The third-order valence-electron chi connectivity index (χ3n) is 1.18. The lowest BCUT2D eigenvalue weighted by atomic mass is 10.2. The molecule has 0 aromatic rings. The van der Waals surface area contributed by atoms with Crippen LogP contribution in [-0.2, 0) is 0 Å². The molecule has 0 radical (unpaired) electrons. The maximum Gasteiger partial charge on any atom is 0.0399 e. The first-order valence-electron chi connectivity index (χ1n) is 3.51. The van der Waals surface area contributed by atoms with Gasteiger partial charge in [0.2, 0.25) is 0 Å². The summed E-state index contributed by atoms with van der Waals surface area (Å²) in [6, 6.07) is 0. The lowest BCUT2D eigenvalue weighted by Gasteiger charge is -1.95. The smallest absolute Gasteiger partial charge is 0.0399 e. The first kappa shape index (κ1) is 9.69. The third kappa shape index (κ3) is 3.40. The summed E-state index contributed by atoms with van der Waals surface area (Å²) in [6.45, 7) is 3.79. The van der Waals surface area contributed by atoms with Gasteiger partial charge in [0.1, 0.15) is 0 Å². The van der Waals surface area contributed by atoms with E-state index in [4.69, 9.17) is 11.1 Å². The number of allylic oxidation sites excluding steroid dienone is 5. The molecular weight excluding hydrogens is 136 g/mol. The zero-order valence-corrected chi connectivity index (χ0v) is 6.96. The minimum atomic E-state index is 0.626. The minimum Gasteiger partial charge on any atom is -0.398 e. The van der Waals surface area contributed by atoms with E-state index >= 15 is 0 Å². The molecule has 0 aliphatic rings. The molecule has 0 aliphatic carbocycles. The molecule has 11 heavy (non-hydrogen) atoms. The van der Waals surface area contributed by atoms with Gasteiger partial charge in [-0.2, -0.15) is 0 Å². The third-order valence-corrected chi connectivity index (χ3v) is 1.18. The number of hydrogen-bond acceptors (Lipinski definition) is 2. The van der Waals surface area contributed by atoms with E-state index < -0.39 is 0 Å². The SMILES string of the molecule is C\C=C/C(N)=C(C=N)\C=C/C. The fourth-order valence-electron chi connectivity index (χ4n) is 0.683. The van der Waals surface area contributed by atoms with Crippen molar-refractivity contribution in [1.82, 2.24) is 0 Å². The Balaban J connectivity index is 4.66. The largest absolute Gasteiger partial charge is 0.398 e. The van der Waals surface area contributed by atoms with Gasteiger partial charge in [0.15, 0.2) is 0 Å². The second-order valence-electron chi connectivity index (χ2n) is 2.06. The predicted octanol–water partition coefficient (Wildman–Crippen LogP) is 2.00. The quantitative estimate of drug-likeness (QED) is 0.469. The molecule has 60 valence electrons. The molecule has 0 saturated carbocycles. The van der Waals surface area contributed by atoms with Crippen LogP contribution in [0.5, 0.6) is 0 Å². The molecule has 0 aliphatic heterocycles. The molecule has 0 aromatic heterocycles. The first-order valence-corrected chi connectivity index (χ1v) is 3.51. The summed E-state index contributed by atoms with van der Waals surface area (Å²) >= 11 is 0. The molecular formula is C9H14N2. The predicted molar refractivity (Wildman–Crippen MR) is 49.6 cm³/mol. The van der Waals surface area contributed by atoms with Gasteiger partial charge in [0.05, 0.1) is 0 Å². The topological polar surface area (TPSA) is 49.9 Å². The summed E-state index contributed by atoms with van der Waals surface area (Å²) in [4.78, 5) is 0. The van der Waals surface area contributed by atoms with Crippen molar-refractivity contribution in [1.29, 1.82) is 5.41 Å². The Kier molecular flexibility index (Phi) is 4.82. The van der Waals surface area contributed by atoms with Crippen LogP contribution in [0.4, 0.5) is 0 Å². The van der Waals surface area contributed by atoms with Crippen LogP contribution >= 0.6 is 0 Å². The fraction of sp³-hybridized carbons (Fsp3) is 0.222. The normalized spacial score (nSPS) is 14.0. The van der Waals surface area contributed by atoms with Gasteiger partial charge in [-0.05, 0) is 19.9 Å². The highest BCUT2D eigenvalue weighted by atomic mass is 14.6. The molecule has 0 heterocycles. The average molecular weight is 150 g/mol. The summed E-state index contributed by atoms with van der Waals surface area (Å²) in [5, 5.41) is 7.02. The monoisotopic (exact) mass is 150 g/mol. The molecule has 2 heteroatoms. The second kappa shape index (κ2) is 5.47. The Labute approximate surface area is 67.6 Å². The molecule has 0 unspecified atom stereocenters. The van der Waals surface area contributed by atoms with Gasteiger partial charge >= 0.3 is 0 Å². The van der Waals surface area contributed by atoms with Gasteiger partial charge in [-0.3, -0.25) is 0 Å². The van der Waals surface area contributed by atoms with Crippen LogP contribution in [0, 0.1) is 5.41 Å². The van der Waals surface area contributed by atoms with E-state index in [0.29, 0.717) is 5.70 Å². The van der Waals surface area contributed by atoms with Crippen molar-refractivity contribution in [2.45, 2.75) is 13.8 Å². The number of nitrogens with two attached hydrogens (primary N) is 1. The van der Waals surface area contributed by atoms with Crippen molar-refractivity contribution in [2.24, 2.45) is 5.73 Å². The lowest BCUT2D eigenvalue weighted by Crippen LogP contribution is -1.98. The summed E-state index contributed by atoms with van der Waals surface area (Å²) < 4.78 is 0. The van der Waals surface area contributed by atoms with Crippen molar-refractivity contribution in [3.05, 3.63) is 35.6 Å². The van der Waals surface area contributed by atoms with Crippen LogP contribution in [0.25, 0.3) is 0 Å². The van der Waals surface area contributed by atoms with Crippen LogP contribution in [0.15, 0.2) is 35.6 Å². The van der Waals surface area contributed by atoms with Gasteiger partial charge in [0, 0.05) is 17.5 Å². The maximum absolute atomic E-state index is 7.02. The molecule has 0 amide bonds. The number of rotatable bonds is 3. The summed E-state index contributed by atoms with van der Waals surface area (Å²) in [6.07, 6.45) is 8.54. The molecule has 0 bridgehead atoms. The summed E-state index contributed by atoms with van der Waals surface area (Å²) in [7, 11) is 0. The Bertz CT molecular complexity index is 210. The van der Waals surface area contributed by atoms with Crippen LogP contribution in [0.1, 0.15) is 13.8 Å². The molecule has 0 spiro atoms. The molecule has 2 nitrogen and oxygen atoms in total. The minimum absolute atomic E-state index is 0.626. The van der Waals surface area contributed by atoms with Crippen molar-refractivity contribution < 1.29 is 0 Å². The van der Waals surface area contributed by atoms with E-state index in [1.807, 2.05) is 32.1 Å².